The van der Waals surface area contributed by atoms with Crippen molar-refractivity contribution < 1.29 is 17.6 Å². The fourth-order valence-electron chi connectivity index (χ4n) is 3.68. The van der Waals surface area contributed by atoms with Crippen molar-refractivity contribution in [3.63, 3.8) is 0 Å². The first-order chi connectivity index (χ1) is 16.4. The number of rotatable bonds is 6. The van der Waals surface area contributed by atoms with Gasteiger partial charge in [0.2, 0.25) is 9.84 Å². The number of pyridine rings is 1. The smallest absolute Gasteiger partial charge is 0.287 e. The van der Waals surface area contributed by atoms with Gasteiger partial charge in [0.15, 0.2) is 11.3 Å². The van der Waals surface area contributed by atoms with Gasteiger partial charge in [0.1, 0.15) is 0 Å². The van der Waals surface area contributed by atoms with Crippen LogP contribution in [-0.4, -0.2) is 29.1 Å². The van der Waals surface area contributed by atoms with Crippen molar-refractivity contribution in [2.45, 2.75) is 23.3 Å². The second-order valence-corrected chi connectivity index (χ2v) is 9.67. The highest BCUT2D eigenvalue weighted by Crippen LogP contribution is 2.26. The lowest BCUT2D eigenvalue weighted by molar-refractivity contribution is 0.0925. The summed E-state index contributed by atoms with van der Waals surface area (Å²) in [6.07, 6.45) is 6.65. The van der Waals surface area contributed by atoms with Crippen LogP contribution in [0.2, 0.25) is 0 Å². The Labute approximate surface area is 195 Å². The van der Waals surface area contributed by atoms with Crippen LogP contribution in [0.3, 0.4) is 0 Å². The third kappa shape index (κ3) is 4.08. The van der Waals surface area contributed by atoms with Crippen LogP contribution < -0.4 is 5.32 Å². The second-order valence-electron chi connectivity index (χ2n) is 7.75. The molecule has 5 rings (SSSR count). The number of aryl methyl sites for hydroxylation is 1. The molecule has 9 heteroatoms. The highest BCUT2D eigenvalue weighted by molar-refractivity contribution is 7.91. The Kier molecular flexibility index (Phi) is 5.46. The van der Waals surface area contributed by atoms with Crippen LogP contribution in [0.4, 0.5) is 0 Å². The third-order valence-electron chi connectivity index (χ3n) is 5.45. The highest BCUT2D eigenvalue weighted by atomic mass is 32.2. The number of hydrogen-bond donors (Lipinski definition) is 1. The summed E-state index contributed by atoms with van der Waals surface area (Å²) < 4.78 is 33.6. The Bertz CT molecular complexity index is 1560. The zero-order valence-corrected chi connectivity index (χ0v) is 19.0. The topological polar surface area (TPSA) is 107 Å². The molecule has 0 atom stereocenters. The largest absolute Gasteiger partial charge is 0.449 e. The molecule has 3 heterocycles. The van der Waals surface area contributed by atoms with Gasteiger partial charge >= 0.3 is 0 Å². The average Bonchev–Trinajstić information content (AvgIpc) is 3.53. The predicted octanol–water partition coefficient (Wildman–Crippen LogP) is 4.08. The van der Waals surface area contributed by atoms with E-state index in [1.54, 1.807) is 97.1 Å². The molecule has 0 radical (unpaired) electrons. The van der Waals surface area contributed by atoms with E-state index >= 15 is 0 Å². The monoisotopic (exact) mass is 472 g/mol. The molecule has 0 fully saturated rings. The molecule has 5 aromatic rings. The van der Waals surface area contributed by atoms with Crippen LogP contribution in [0, 0.1) is 6.92 Å². The number of furan rings is 1. The summed E-state index contributed by atoms with van der Waals surface area (Å²) in [6, 6.07) is 16.8. The van der Waals surface area contributed by atoms with Gasteiger partial charge in [0.05, 0.1) is 21.7 Å². The fraction of sp³-hybridized carbons (Fsp3) is 0.0800. The molecule has 8 nitrogen and oxygen atoms in total. The van der Waals surface area contributed by atoms with E-state index in [1.807, 2.05) is 0 Å². The molecule has 34 heavy (non-hydrogen) atoms. The van der Waals surface area contributed by atoms with Gasteiger partial charge in [-0.1, -0.05) is 12.1 Å². The van der Waals surface area contributed by atoms with Crippen LogP contribution in [0.25, 0.3) is 16.7 Å². The van der Waals surface area contributed by atoms with Gasteiger partial charge < -0.3 is 9.73 Å². The number of amides is 1. The maximum atomic E-state index is 13.2. The van der Waals surface area contributed by atoms with Gasteiger partial charge in [0, 0.05) is 30.5 Å². The van der Waals surface area contributed by atoms with Crippen LogP contribution in [0.5, 0.6) is 0 Å². The first-order valence-corrected chi connectivity index (χ1v) is 12.0. The van der Waals surface area contributed by atoms with E-state index < -0.39 is 9.84 Å². The van der Waals surface area contributed by atoms with Gasteiger partial charge in [-0.15, -0.1) is 0 Å². The number of carbonyl (C=O) groups is 1. The van der Waals surface area contributed by atoms with Gasteiger partial charge in [-0.2, -0.15) is 5.10 Å². The lowest BCUT2D eigenvalue weighted by Crippen LogP contribution is -2.22. The first-order valence-electron chi connectivity index (χ1n) is 10.5. The highest BCUT2D eigenvalue weighted by Gasteiger charge is 2.20. The molecular formula is C25H20N4O4S. The van der Waals surface area contributed by atoms with E-state index in [2.05, 4.69) is 15.4 Å². The number of fused-ring (bicyclic) bond motifs is 1. The van der Waals surface area contributed by atoms with E-state index in [4.69, 9.17) is 4.42 Å². The van der Waals surface area contributed by atoms with Gasteiger partial charge in [-0.3, -0.25) is 9.78 Å². The molecule has 0 aliphatic heterocycles. The summed E-state index contributed by atoms with van der Waals surface area (Å²) >= 11 is 0. The number of carbonyl (C=O) groups excluding carboxylic acids is 1. The van der Waals surface area contributed by atoms with E-state index in [-0.39, 0.29) is 28.0 Å². The normalized spacial score (nSPS) is 11.6. The maximum absolute atomic E-state index is 13.2. The number of nitrogens with zero attached hydrogens (tertiary/aromatic N) is 3. The van der Waals surface area contributed by atoms with Crippen LogP contribution in [0.1, 0.15) is 21.7 Å². The van der Waals surface area contributed by atoms with Crippen LogP contribution in [-0.2, 0) is 16.4 Å². The lowest BCUT2D eigenvalue weighted by atomic mass is 10.2. The van der Waals surface area contributed by atoms with E-state index in [9.17, 15) is 13.2 Å². The molecule has 3 aromatic heterocycles. The molecule has 0 spiro atoms. The zero-order chi connectivity index (χ0) is 23.7. The minimum absolute atomic E-state index is 0.183. The van der Waals surface area contributed by atoms with Crippen molar-refractivity contribution in [2.24, 2.45) is 0 Å². The molecule has 0 aliphatic rings. The zero-order valence-electron chi connectivity index (χ0n) is 18.2. The van der Waals surface area contributed by atoms with Crippen LogP contribution in [0.15, 0.2) is 99.7 Å². The molecule has 0 aliphatic carbocycles. The number of hydrogen-bond acceptors (Lipinski definition) is 6. The Morgan fingerprint density at radius 3 is 2.59 bits per heavy atom. The van der Waals surface area contributed by atoms with Crippen molar-refractivity contribution in [3.05, 3.63) is 102 Å². The molecule has 0 saturated carbocycles. The van der Waals surface area contributed by atoms with Crippen molar-refractivity contribution in [2.75, 3.05) is 0 Å². The average molecular weight is 473 g/mol. The Balaban J connectivity index is 1.30. The lowest BCUT2D eigenvalue weighted by Gasteiger charge is -2.11. The number of aromatic nitrogens is 3. The Hall–Kier alpha value is -4.24. The first kappa shape index (κ1) is 21.6. The molecule has 0 saturated heterocycles. The minimum atomic E-state index is -3.70. The number of sulfone groups is 1. The quantitative estimate of drug-likeness (QED) is 0.399. The summed E-state index contributed by atoms with van der Waals surface area (Å²) in [5.41, 5.74) is 2.71. The standard InChI is InChI=1S/C25H20N4O4S/c1-17-13-20(29-12-2-10-28-29)5-8-24(17)34(31,32)21-6-3-18(4-7-21)15-27-25(30)22-14-19-9-11-26-16-23(19)33-22/h2-14,16H,15H2,1H3,(H,27,30). The molecular weight excluding hydrogens is 452 g/mol. The van der Waals surface area contributed by atoms with Crippen LogP contribution >= 0.6 is 0 Å². The summed E-state index contributed by atoms with van der Waals surface area (Å²) in [4.78, 5) is 16.8. The third-order valence-corrected chi connectivity index (χ3v) is 7.38. The van der Waals surface area contributed by atoms with Crippen molar-refractivity contribution in [3.8, 4) is 5.69 Å². The van der Waals surface area contributed by atoms with Gasteiger partial charge in [0.25, 0.3) is 5.91 Å². The summed E-state index contributed by atoms with van der Waals surface area (Å²) in [5.74, 6) is -0.169. The SMILES string of the molecule is Cc1cc(-n2cccn2)ccc1S(=O)(=O)c1ccc(CNC(=O)c2cc3ccncc3o2)cc1. The predicted molar refractivity (Wildman–Crippen MR) is 125 cm³/mol. The van der Waals surface area contributed by atoms with E-state index in [1.165, 1.54) is 0 Å². The van der Waals surface area contributed by atoms with Crippen molar-refractivity contribution >= 4 is 26.7 Å². The van der Waals surface area contributed by atoms with Gasteiger partial charge in [-0.05, 0) is 66.6 Å². The maximum Gasteiger partial charge on any atom is 0.287 e. The summed E-state index contributed by atoms with van der Waals surface area (Å²) in [6.45, 7) is 1.99. The molecule has 1 amide bonds. The Morgan fingerprint density at radius 1 is 1.06 bits per heavy atom. The van der Waals surface area contributed by atoms with Crippen molar-refractivity contribution in [1.29, 1.82) is 0 Å². The van der Waals surface area contributed by atoms with Gasteiger partial charge in [-0.25, -0.2) is 13.1 Å². The fourth-order valence-corrected chi connectivity index (χ4v) is 5.16. The molecule has 0 unspecified atom stereocenters. The van der Waals surface area contributed by atoms with Crippen molar-refractivity contribution in [1.82, 2.24) is 20.1 Å². The molecule has 2 aromatic carbocycles. The van der Waals surface area contributed by atoms with E-state index in [0.29, 0.717) is 11.1 Å². The Morgan fingerprint density at radius 2 is 1.88 bits per heavy atom. The molecule has 170 valence electrons. The minimum Gasteiger partial charge on any atom is -0.449 e. The number of nitrogens with one attached hydrogen (secondary N) is 1. The molecule has 0 bridgehead atoms. The van der Waals surface area contributed by atoms with E-state index in [0.717, 1.165) is 16.6 Å². The summed E-state index contributed by atoms with van der Waals surface area (Å²) in [7, 11) is -3.70. The summed E-state index contributed by atoms with van der Waals surface area (Å²) in [5, 5.41) is 7.75. The second kappa shape index (κ2) is 8.60. The molecule has 1 N–H and O–H groups in total. The number of benzene rings is 2.